The summed E-state index contributed by atoms with van der Waals surface area (Å²) in [5.74, 6) is 0.000394. The lowest BCUT2D eigenvalue weighted by Gasteiger charge is -2.08. The SMILES string of the molecule is Nc1ccccc1-c1nnnn1CC(F)(F)F. The molecule has 1 heterocycles. The second-order valence-corrected chi connectivity index (χ2v) is 3.36. The highest BCUT2D eigenvalue weighted by Crippen LogP contribution is 2.25. The van der Waals surface area contributed by atoms with Crippen LogP contribution in [0.3, 0.4) is 0 Å². The Balaban J connectivity index is 2.41. The molecule has 0 amide bonds. The van der Waals surface area contributed by atoms with E-state index >= 15 is 0 Å². The van der Waals surface area contributed by atoms with Crippen molar-refractivity contribution in [2.24, 2.45) is 0 Å². The van der Waals surface area contributed by atoms with Crippen molar-refractivity contribution in [1.29, 1.82) is 0 Å². The molecule has 2 rings (SSSR count). The molecule has 0 aliphatic rings. The molecule has 5 nitrogen and oxygen atoms in total. The van der Waals surface area contributed by atoms with Crippen molar-refractivity contribution in [1.82, 2.24) is 20.2 Å². The first-order chi connectivity index (χ1) is 7.97. The standard InChI is InChI=1S/C9H8F3N5/c10-9(11,12)5-17-8(14-15-16-17)6-3-1-2-4-7(6)13/h1-4H,5,13H2. The lowest BCUT2D eigenvalue weighted by atomic mass is 10.2. The Labute approximate surface area is 94.0 Å². The zero-order valence-corrected chi connectivity index (χ0v) is 8.52. The Bertz CT molecular complexity index is 519. The summed E-state index contributed by atoms with van der Waals surface area (Å²) in [6, 6.07) is 6.46. The van der Waals surface area contributed by atoms with Crippen LogP contribution in [-0.2, 0) is 6.54 Å². The highest BCUT2D eigenvalue weighted by atomic mass is 19.4. The predicted octanol–water partition coefficient (Wildman–Crippen LogP) is 1.48. The van der Waals surface area contributed by atoms with Crippen molar-refractivity contribution < 1.29 is 13.2 Å². The molecular weight excluding hydrogens is 235 g/mol. The molecule has 0 saturated heterocycles. The first kappa shape index (κ1) is 11.4. The molecule has 17 heavy (non-hydrogen) atoms. The molecule has 1 aromatic heterocycles. The van der Waals surface area contributed by atoms with Gasteiger partial charge in [0.15, 0.2) is 5.82 Å². The number of rotatable bonds is 2. The van der Waals surface area contributed by atoms with Crippen LogP contribution in [0.15, 0.2) is 24.3 Å². The average Bonchev–Trinajstić information content (AvgIpc) is 2.64. The van der Waals surface area contributed by atoms with Crippen LogP contribution in [0.4, 0.5) is 18.9 Å². The molecule has 0 atom stereocenters. The van der Waals surface area contributed by atoms with Crippen molar-refractivity contribution >= 4 is 5.69 Å². The van der Waals surface area contributed by atoms with E-state index in [1.807, 2.05) is 0 Å². The largest absolute Gasteiger partial charge is 0.408 e. The summed E-state index contributed by atoms with van der Waals surface area (Å²) >= 11 is 0. The van der Waals surface area contributed by atoms with Gasteiger partial charge in [-0.3, -0.25) is 0 Å². The van der Waals surface area contributed by atoms with Crippen LogP contribution in [0.5, 0.6) is 0 Å². The van der Waals surface area contributed by atoms with E-state index in [0.717, 1.165) is 0 Å². The van der Waals surface area contributed by atoms with Gasteiger partial charge in [-0.25, -0.2) is 4.68 Å². The maximum Gasteiger partial charge on any atom is 0.408 e. The molecule has 90 valence electrons. The highest BCUT2D eigenvalue weighted by molar-refractivity contribution is 5.70. The lowest BCUT2D eigenvalue weighted by Crippen LogP contribution is -2.19. The van der Waals surface area contributed by atoms with Gasteiger partial charge in [-0.2, -0.15) is 13.2 Å². The zero-order valence-electron chi connectivity index (χ0n) is 8.52. The number of anilines is 1. The van der Waals surface area contributed by atoms with E-state index in [0.29, 0.717) is 15.9 Å². The van der Waals surface area contributed by atoms with Gasteiger partial charge < -0.3 is 5.73 Å². The van der Waals surface area contributed by atoms with Gasteiger partial charge in [-0.1, -0.05) is 12.1 Å². The van der Waals surface area contributed by atoms with E-state index in [2.05, 4.69) is 15.5 Å². The molecule has 2 N–H and O–H groups in total. The van der Waals surface area contributed by atoms with Crippen LogP contribution in [-0.4, -0.2) is 26.4 Å². The summed E-state index contributed by atoms with van der Waals surface area (Å²) < 4.78 is 37.5. The number of hydrogen-bond donors (Lipinski definition) is 1. The highest BCUT2D eigenvalue weighted by Gasteiger charge is 2.30. The molecule has 0 aliphatic heterocycles. The average molecular weight is 243 g/mol. The van der Waals surface area contributed by atoms with E-state index < -0.39 is 12.7 Å². The van der Waals surface area contributed by atoms with E-state index in [1.165, 1.54) is 0 Å². The third kappa shape index (κ3) is 2.52. The van der Waals surface area contributed by atoms with Crippen molar-refractivity contribution in [3.8, 4) is 11.4 Å². The van der Waals surface area contributed by atoms with Crippen LogP contribution in [0.2, 0.25) is 0 Å². The van der Waals surface area contributed by atoms with Crippen molar-refractivity contribution in [3.05, 3.63) is 24.3 Å². The number of aromatic nitrogens is 4. The van der Waals surface area contributed by atoms with Crippen molar-refractivity contribution in [2.45, 2.75) is 12.7 Å². The Morgan fingerprint density at radius 3 is 2.59 bits per heavy atom. The summed E-state index contributed by atoms with van der Waals surface area (Å²) in [5, 5.41) is 10.1. The molecule has 0 aliphatic carbocycles. The second kappa shape index (κ2) is 4.04. The van der Waals surface area contributed by atoms with Crippen LogP contribution >= 0.6 is 0 Å². The fraction of sp³-hybridized carbons (Fsp3) is 0.222. The Morgan fingerprint density at radius 1 is 1.24 bits per heavy atom. The number of para-hydroxylation sites is 1. The monoisotopic (exact) mass is 243 g/mol. The number of benzene rings is 1. The summed E-state index contributed by atoms with van der Waals surface area (Å²) in [7, 11) is 0. The van der Waals surface area contributed by atoms with Gasteiger partial charge in [0.1, 0.15) is 6.54 Å². The maximum absolute atomic E-state index is 12.3. The second-order valence-electron chi connectivity index (χ2n) is 3.36. The van der Waals surface area contributed by atoms with Gasteiger partial charge in [-0.15, -0.1) is 5.10 Å². The van der Waals surface area contributed by atoms with E-state index in [-0.39, 0.29) is 5.82 Å². The van der Waals surface area contributed by atoms with Gasteiger partial charge in [0.2, 0.25) is 0 Å². The van der Waals surface area contributed by atoms with Gasteiger partial charge >= 0.3 is 6.18 Å². The molecule has 8 heteroatoms. The number of alkyl halides is 3. The minimum atomic E-state index is -4.38. The van der Waals surface area contributed by atoms with Crippen molar-refractivity contribution in [3.63, 3.8) is 0 Å². The first-order valence-corrected chi connectivity index (χ1v) is 4.65. The van der Waals surface area contributed by atoms with Gasteiger partial charge in [0, 0.05) is 11.3 Å². The molecule has 0 bridgehead atoms. The number of nitrogens with two attached hydrogens (primary N) is 1. The third-order valence-corrected chi connectivity index (χ3v) is 2.06. The fourth-order valence-electron chi connectivity index (χ4n) is 1.37. The number of hydrogen-bond acceptors (Lipinski definition) is 4. The Kier molecular flexibility index (Phi) is 2.70. The van der Waals surface area contributed by atoms with Crippen LogP contribution in [0, 0.1) is 0 Å². The summed E-state index contributed by atoms with van der Waals surface area (Å²) in [4.78, 5) is 0. The predicted molar refractivity (Wildman–Crippen MR) is 53.7 cm³/mol. The summed E-state index contributed by atoms with van der Waals surface area (Å²) in [5.41, 5.74) is 6.36. The molecule has 0 radical (unpaired) electrons. The molecule has 0 spiro atoms. The van der Waals surface area contributed by atoms with Crippen LogP contribution < -0.4 is 5.73 Å². The lowest BCUT2D eigenvalue weighted by molar-refractivity contribution is -0.142. The summed E-state index contributed by atoms with van der Waals surface area (Å²) in [6.07, 6.45) is -4.38. The molecular formula is C9H8F3N5. The van der Waals surface area contributed by atoms with Crippen LogP contribution in [0.25, 0.3) is 11.4 Å². The maximum atomic E-state index is 12.3. The van der Waals surface area contributed by atoms with Crippen molar-refractivity contribution in [2.75, 3.05) is 5.73 Å². The smallest absolute Gasteiger partial charge is 0.398 e. The summed E-state index contributed by atoms with van der Waals surface area (Å²) in [6.45, 7) is -1.25. The third-order valence-electron chi connectivity index (χ3n) is 2.06. The topological polar surface area (TPSA) is 69.6 Å². The number of tetrazole rings is 1. The molecule has 0 fully saturated rings. The van der Waals surface area contributed by atoms with E-state index in [4.69, 9.17) is 5.73 Å². The quantitative estimate of drug-likeness (QED) is 0.811. The molecule has 0 unspecified atom stereocenters. The normalized spacial score (nSPS) is 11.7. The number of nitrogens with zero attached hydrogens (tertiary/aromatic N) is 4. The van der Waals surface area contributed by atoms with Crippen LogP contribution in [0.1, 0.15) is 0 Å². The Hall–Kier alpha value is -2.12. The van der Waals surface area contributed by atoms with E-state index in [9.17, 15) is 13.2 Å². The van der Waals surface area contributed by atoms with E-state index in [1.54, 1.807) is 24.3 Å². The Morgan fingerprint density at radius 2 is 1.94 bits per heavy atom. The minimum Gasteiger partial charge on any atom is -0.398 e. The molecule has 0 saturated carbocycles. The number of halogens is 3. The van der Waals surface area contributed by atoms with Gasteiger partial charge in [-0.05, 0) is 22.6 Å². The van der Waals surface area contributed by atoms with Gasteiger partial charge in [0.25, 0.3) is 0 Å². The van der Waals surface area contributed by atoms with Gasteiger partial charge in [0.05, 0.1) is 0 Å². The zero-order chi connectivity index (χ0) is 12.5. The minimum absolute atomic E-state index is 0.000394. The fourth-order valence-corrected chi connectivity index (χ4v) is 1.37. The molecule has 2 aromatic rings. The molecule has 1 aromatic carbocycles. The number of nitrogen functional groups attached to an aromatic ring is 1. The first-order valence-electron chi connectivity index (χ1n) is 4.65.